The second-order valence-electron chi connectivity index (χ2n) is 8.21. The Hall–Kier alpha value is -2.24. The molecule has 0 bridgehead atoms. The average molecular weight is 378 g/mol. The lowest BCUT2D eigenvalue weighted by molar-refractivity contribution is 0.206. The molecule has 0 saturated carbocycles. The Labute approximate surface area is 168 Å². The molecule has 0 N–H and O–H groups in total. The van der Waals surface area contributed by atoms with Gasteiger partial charge in [-0.05, 0) is 83.6 Å². The summed E-state index contributed by atoms with van der Waals surface area (Å²) in [6.45, 7) is 1.95. The van der Waals surface area contributed by atoms with Gasteiger partial charge in [0, 0.05) is 24.6 Å². The minimum absolute atomic E-state index is 0.379. The number of hydrogen-bond donors (Lipinski definition) is 0. The molecule has 1 aliphatic carbocycles. The molecule has 0 aromatic carbocycles. The summed E-state index contributed by atoms with van der Waals surface area (Å²) >= 11 is 0. The lowest BCUT2D eigenvalue weighted by atomic mass is 9.91. The molecule has 3 aromatic heterocycles. The highest BCUT2D eigenvalue weighted by atomic mass is 15.2. The van der Waals surface area contributed by atoms with Gasteiger partial charge in [0.25, 0.3) is 0 Å². The predicted octanol–water partition coefficient (Wildman–Crippen LogP) is 3.73. The maximum atomic E-state index is 4.99. The smallest absolute Gasteiger partial charge is 0.137 e. The van der Waals surface area contributed by atoms with Crippen molar-refractivity contribution in [2.75, 3.05) is 27.7 Å². The summed E-state index contributed by atoms with van der Waals surface area (Å²) in [6.07, 6.45) is 9.82. The molecular formula is C23H31N5. The van der Waals surface area contributed by atoms with Crippen molar-refractivity contribution in [2.24, 2.45) is 0 Å². The Morgan fingerprint density at radius 1 is 1.14 bits per heavy atom. The van der Waals surface area contributed by atoms with E-state index in [1.54, 1.807) is 0 Å². The summed E-state index contributed by atoms with van der Waals surface area (Å²) < 4.78 is 2.27. The van der Waals surface area contributed by atoms with E-state index in [-0.39, 0.29) is 0 Å². The first kappa shape index (κ1) is 19.1. The Morgan fingerprint density at radius 3 is 2.89 bits per heavy atom. The lowest BCUT2D eigenvalue weighted by Crippen LogP contribution is -2.29. The second kappa shape index (κ2) is 8.41. The molecule has 5 heteroatoms. The highest BCUT2D eigenvalue weighted by Gasteiger charge is 2.26. The molecule has 0 saturated heterocycles. The van der Waals surface area contributed by atoms with Crippen LogP contribution in [0.5, 0.6) is 0 Å². The normalized spacial score (nSPS) is 16.8. The lowest BCUT2D eigenvalue weighted by Gasteiger charge is -2.32. The molecule has 28 heavy (non-hydrogen) atoms. The molecule has 3 aromatic rings. The maximum Gasteiger partial charge on any atom is 0.137 e. The van der Waals surface area contributed by atoms with Crippen LogP contribution < -0.4 is 0 Å². The van der Waals surface area contributed by atoms with Gasteiger partial charge in [0.05, 0.1) is 17.4 Å². The van der Waals surface area contributed by atoms with Crippen LogP contribution >= 0.6 is 0 Å². The molecule has 5 nitrogen and oxygen atoms in total. The third-order valence-corrected chi connectivity index (χ3v) is 5.83. The number of aromatic nitrogens is 3. The van der Waals surface area contributed by atoms with E-state index in [9.17, 15) is 0 Å². The van der Waals surface area contributed by atoms with Crippen LogP contribution in [0.2, 0.25) is 0 Å². The molecule has 1 aliphatic rings. The van der Waals surface area contributed by atoms with Crippen LogP contribution in [0.25, 0.3) is 5.65 Å². The third-order valence-electron chi connectivity index (χ3n) is 5.83. The number of fused-ring (bicyclic) bond motifs is 2. The van der Waals surface area contributed by atoms with Crippen molar-refractivity contribution in [1.29, 1.82) is 0 Å². The molecule has 0 amide bonds. The highest BCUT2D eigenvalue weighted by molar-refractivity contribution is 5.43. The van der Waals surface area contributed by atoms with Gasteiger partial charge < -0.3 is 9.30 Å². The van der Waals surface area contributed by atoms with Gasteiger partial charge in [-0.1, -0.05) is 12.1 Å². The van der Waals surface area contributed by atoms with Gasteiger partial charge in [0.1, 0.15) is 5.65 Å². The van der Waals surface area contributed by atoms with E-state index in [4.69, 9.17) is 9.97 Å². The van der Waals surface area contributed by atoms with Gasteiger partial charge in [-0.2, -0.15) is 0 Å². The van der Waals surface area contributed by atoms with E-state index >= 15 is 0 Å². The predicted molar refractivity (Wildman–Crippen MR) is 113 cm³/mol. The average Bonchev–Trinajstić information content (AvgIpc) is 3.04. The molecule has 0 spiro atoms. The van der Waals surface area contributed by atoms with Gasteiger partial charge >= 0.3 is 0 Å². The van der Waals surface area contributed by atoms with E-state index in [2.05, 4.69) is 71.9 Å². The van der Waals surface area contributed by atoms with Gasteiger partial charge in [-0.25, -0.2) is 4.98 Å². The van der Waals surface area contributed by atoms with Gasteiger partial charge in [0.15, 0.2) is 0 Å². The van der Waals surface area contributed by atoms with Crippen molar-refractivity contribution in [3.8, 4) is 0 Å². The SMILES string of the molecule is CN(C)CCCc1c(CN(C)[C@H]2CCCc3cccnc32)nc2ccccn12. The molecule has 1 atom stereocenters. The number of hydrogen-bond acceptors (Lipinski definition) is 4. The quantitative estimate of drug-likeness (QED) is 0.629. The van der Waals surface area contributed by atoms with Gasteiger partial charge in [0.2, 0.25) is 0 Å². The standard InChI is InChI=1S/C23H31N5/c1-26(2)15-8-12-20-19(25-22-13-4-5-16-28(20)22)17-27(3)21-11-6-9-18-10-7-14-24-23(18)21/h4-5,7,10,13-14,16,21H,6,8-9,11-12,15,17H2,1-3H3/t21-/m0/s1. The summed E-state index contributed by atoms with van der Waals surface area (Å²) in [5.74, 6) is 0. The van der Waals surface area contributed by atoms with Crippen molar-refractivity contribution in [1.82, 2.24) is 24.2 Å². The molecule has 0 fully saturated rings. The summed E-state index contributed by atoms with van der Waals surface area (Å²) in [5, 5.41) is 0. The number of aryl methyl sites for hydroxylation is 2. The number of nitrogens with zero attached hydrogens (tertiary/aromatic N) is 5. The van der Waals surface area contributed by atoms with Gasteiger partial charge in [-0.3, -0.25) is 9.88 Å². The Morgan fingerprint density at radius 2 is 2.04 bits per heavy atom. The van der Waals surface area contributed by atoms with Crippen LogP contribution in [-0.2, 0) is 19.4 Å². The fourth-order valence-electron chi connectivity index (χ4n) is 4.41. The first-order valence-electron chi connectivity index (χ1n) is 10.4. The first-order valence-corrected chi connectivity index (χ1v) is 10.4. The molecule has 0 radical (unpaired) electrons. The molecular weight excluding hydrogens is 346 g/mol. The topological polar surface area (TPSA) is 36.7 Å². The van der Waals surface area contributed by atoms with Crippen molar-refractivity contribution in [3.63, 3.8) is 0 Å². The zero-order chi connectivity index (χ0) is 19.5. The number of imidazole rings is 1. The Balaban J connectivity index is 1.59. The van der Waals surface area contributed by atoms with E-state index in [1.165, 1.54) is 35.5 Å². The van der Waals surface area contributed by atoms with E-state index < -0.39 is 0 Å². The monoisotopic (exact) mass is 377 g/mol. The van der Waals surface area contributed by atoms with Crippen LogP contribution in [0.4, 0.5) is 0 Å². The van der Waals surface area contributed by atoms with Gasteiger partial charge in [-0.15, -0.1) is 0 Å². The van der Waals surface area contributed by atoms with E-state index in [0.29, 0.717) is 6.04 Å². The fourth-order valence-corrected chi connectivity index (χ4v) is 4.41. The largest absolute Gasteiger partial charge is 0.309 e. The van der Waals surface area contributed by atoms with Crippen LogP contribution in [0, 0.1) is 0 Å². The first-order chi connectivity index (χ1) is 13.6. The Bertz CT molecular complexity index is 930. The minimum atomic E-state index is 0.379. The van der Waals surface area contributed by atoms with Crippen LogP contribution in [0.15, 0.2) is 42.7 Å². The summed E-state index contributed by atoms with van der Waals surface area (Å²) in [6, 6.07) is 11.0. The molecule has 0 aliphatic heterocycles. The summed E-state index contributed by atoms with van der Waals surface area (Å²) in [4.78, 5) is 14.4. The fraction of sp³-hybridized carbons (Fsp3) is 0.478. The highest BCUT2D eigenvalue weighted by Crippen LogP contribution is 2.33. The summed E-state index contributed by atoms with van der Waals surface area (Å²) in [5.41, 5.74) is 6.27. The zero-order valence-corrected chi connectivity index (χ0v) is 17.3. The van der Waals surface area contributed by atoms with E-state index in [1.807, 2.05) is 6.20 Å². The second-order valence-corrected chi connectivity index (χ2v) is 8.21. The minimum Gasteiger partial charge on any atom is -0.309 e. The van der Waals surface area contributed by atoms with Crippen LogP contribution in [-0.4, -0.2) is 51.9 Å². The molecule has 0 unspecified atom stereocenters. The number of rotatable bonds is 7. The van der Waals surface area contributed by atoms with Crippen molar-refractivity contribution >= 4 is 5.65 Å². The van der Waals surface area contributed by atoms with Crippen molar-refractivity contribution in [2.45, 2.75) is 44.7 Å². The summed E-state index contributed by atoms with van der Waals surface area (Å²) in [7, 11) is 6.50. The maximum absolute atomic E-state index is 4.99. The molecule has 3 heterocycles. The van der Waals surface area contributed by atoms with Crippen molar-refractivity contribution < 1.29 is 0 Å². The zero-order valence-electron chi connectivity index (χ0n) is 17.3. The molecule has 4 rings (SSSR count). The Kier molecular flexibility index (Phi) is 5.74. The van der Waals surface area contributed by atoms with Crippen LogP contribution in [0.1, 0.15) is 47.9 Å². The van der Waals surface area contributed by atoms with Crippen LogP contribution in [0.3, 0.4) is 0 Å². The van der Waals surface area contributed by atoms with Crippen molar-refractivity contribution in [3.05, 3.63) is 65.4 Å². The molecule has 148 valence electrons. The van der Waals surface area contributed by atoms with E-state index in [0.717, 1.165) is 38.0 Å². The number of pyridine rings is 2. The third kappa shape index (κ3) is 3.96.